The van der Waals surface area contributed by atoms with E-state index in [2.05, 4.69) is 25.9 Å². The minimum Gasteiger partial charge on any atom is -0.394 e. The van der Waals surface area contributed by atoms with Gasteiger partial charge in [0, 0.05) is 42.5 Å². The number of aliphatic hydroxyl groups excluding tert-OH is 1. The molecule has 1 aromatic carbocycles. The number of thiophene rings is 1. The fraction of sp³-hybridized carbons (Fsp3) is 0.280. The van der Waals surface area contributed by atoms with E-state index in [4.69, 9.17) is 10.1 Å². The van der Waals surface area contributed by atoms with E-state index < -0.39 is 6.04 Å². The quantitative estimate of drug-likeness (QED) is 0.290. The minimum atomic E-state index is -0.531. The van der Waals surface area contributed by atoms with Crippen molar-refractivity contribution in [2.75, 3.05) is 25.6 Å². The standard InChI is InChI=1S/C25H28N6O3S/c1-15-9-16(20-5-7-28-25(31-20)29-18(11-26)12-27-2)3-4-19(15)21(13-32)30-24(33)23-10-17-14-34-8-6-22(17)35-23/h3-5,7,9-12,21,26-27,32H,6,8,13-14H2,1-2H3,(H,30,33)(H,28,29,31)/b18-12+,26-11?. The van der Waals surface area contributed by atoms with Gasteiger partial charge in [-0.3, -0.25) is 4.79 Å². The molecule has 182 valence electrons. The van der Waals surface area contributed by atoms with E-state index in [1.165, 1.54) is 22.4 Å². The molecular formula is C25H28N6O3S. The second kappa shape index (κ2) is 11.2. The number of ether oxygens (including phenoxy) is 1. The number of benzene rings is 1. The number of aryl methyl sites for hydroxylation is 1. The van der Waals surface area contributed by atoms with Crippen molar-refractivity contribution in [2.45, 2.75) is 26.0 Å². The van der Waals surface area contributed by atoms with Crippen molar-refractivity contribution in [1.29, 1.82) is 5.41 Å². The summed E-state index contributed by atoms with van der Waals surface area (Å²) in [6.07, 6.45) is 5.29. The normalized spacial score (nSPS) is 14.1. The predicted octanol–water partition coefficient (Wildman–Crippen LogP) is 3.17. The van der Waals surface area contributed by atoms with Gasteiger partial charge >= 0.3 is 0 Å². The molecule has 0 radical (unpaired) electrons. The predicted molar refractivity (Wildman–Crippen MR) is 137 cm³/mol. The van der Waals surface area contributed by atoms with Crippen LogP contribution in [-0.4, -0.2) is 47.5 Å². The summed E-state index contributed by atoms with van der Waals surface area (Å²) in [5, 5.41) is 26.3. The number of hydrogen-bond acceptors (Lipinski definition) is 9. The number of nitrogens with zero attached hydrogens (tertiary/aromatic N) is 2. The zero-order valence-electron chi connectivity index (χ0n) is 19.6. The topological polar surface area (TPSA) is 132 Å². The van der Waals surface area contributed by atoms with E-state index in [0.29, 0.717) is 35.4 Å². The van der Waals surface area contributed by atoms with Crippen LogP contribution < -0.4 is 16.0 Å². The highest BCUT2D eigenvalue weighted by atomic mass is 32.1. The molecule has 1 amide bonds. The summed E-state index contributed by atoms with van der Waals surface area (Å²) in [7, 11) is 1.75. The first-order valence-electron chi connectivity index (χ1n) is 11.2. The molecule has 0 saturated carbocycles. The first kappa shape index (κ1) is 24.5. The summed E-state index contributed by atoms with van der Waals surface area (Å²) in [6.45, 7) is 2.95. The van der Waals surface area contributed by atoms with E-state index in [-0.39, 0.29) is 12.5 Å². The molecule has 1 aliphatic rings. The molecule has 35 heavy (non-hydrogen) atoms. The first-order chi connectivity index (χ1) is 17.0. The van der Waals surface area contributed by atoms with Crippen molar-refractivity contribution < 1.29 is 14.6 Å². The fourth-order valence-electron chi connectivity index (χ4n) is 3.91. The molecule has 1 atom stereocenters. The van der Waals surface area contributed by atoms with Gasteiger partial charge in [-0.1, -0.05) is 12.1 Å². The molecular weight excluding hydrogens is 464 g/mol. The van der Waals surface area contributed by atoms with Crippen molar-refractivity contribution in [3.05, 3.63) is 74.9 Å². The lowest BCUT2D eigenvalue weighted by Gasteiger charge is -2.19. The second-order valence-corrected chi connectivity index (χ2v) is 9.20. The Hall–Kier alpha value is -3.60. The van der Waals surface area contributed by atoms with E-state index in [9.17, 15) is 9.90 Å². The van der Waals surface area contributed by atoms with Gasteiger partial charge in [-0.25, -0.2) is 9.97 Å². The molecule has 0 saturated heterocycles. The van der Waals surface area contributed by atoms with Crippen molar-refractivity contribution in [1.82, 2.24) is 20.6 Å². The molecule has 4 rings (SSSR count). The average Bonchev–Trinajstić information content (AvgIpc) is 3.32. The first-order valence-corrected chi connectivity index (χ1v) is 12.0. The number of nitrogens with one attached hydrogen (secondary N) is 4. The monoisotopic (exact) mass is 492 g/mol. The second-order valence-electron chi connectivity index (χ2n) is 8.06. The third kappa shape index (κ3) is 5.73. The number of carbonyl (C=O) groups is 1. The molecule has 3 heterocycles. The average molecular weight is 493 g/mol. The Balaban J connectivity index is 1.51. The van der Waals surface area contributed by atoms with Gasteiger partial charge < -0.3 is 31.2 Å². The Labute approximate surface area is 207 Å². The van der Waals surface area contributed by atoms with Crippen LogP contribution in [0.25, 0.3) is 11.3 Å². The SMILES string of the molecule is CN/C=C(\C=N)Nc1nccc(-c2ccc(C(CO)NC(=O)c3cc4c(s3)CCOC4)c(C)c2)n1. The minimum absolute atomic E-state index is 0.199. The van der Waals surface area contributed by atoms with E-state index >= 15 is 0 Å². The smallest absolute Gasteiger partial charge is 0.261 e. The van der Waals surface area contributed by atoms with Gasteiger partial charge in [0.05, 0.1) is 42.1 Å². The zero-order chi connectivity index (χ0) is 24.8. The maximum Gasteiger partial charge on any atom is 0.261 e. The Morgan fingerprint density at radius 2 is 2.20 bits per heavy atom. The van der Waals surface area contributed by atoms with Crippen molar-refractivity contribution in [2.24, 2.45) is 0 Å². The summed E-state index contributed by atoms with van der Waals surface area (Å²) >= 11 is 1.49. The lowest BCUT2D eigenvalue weighted by atomic mass is 9.98. The van der Waals surface area contributed by atoms with E-state index in [1.807, 2.05) is 31.2 Å². The number of carbonyl (C=O) groups excluding carboxylic acids is 1. The number of aliphatic hydroxyl groups is 1. The summed E-state index contributed by atoms with van der Waals surface area (Å²) < 4.78 is 5.47. The molecule has 3 aromatic rings. The van der Waals surface area contributed by atoms with Crippen molar-refractivity contribution >= 4 is 29.4 Å². The van der Waals surface area contributed by atoms with Crippen LogP contribution in [0.2, 0.25) is 0 Å². The molecule has 2 aromatic heterocycles. The Kier molecular flexibility index (Phi) is 7.86. The third-order valence-corrected chi connectivity index (χ3v) is 6.88. The largest absolute Gasteiger partial charge is 0.394 e. The molecule has 0 bridgehead atoms. The Morgan fingerprint density at radius 3 is 2.91 bits per heavy atom. The molecule has 5 N–H and O–H groups in total. The lowest BCUT2D eigenvalue weighted by Crippen LogP contribution is -2.30. The lowest BCUT2D eigenvalue weighted by molar-refractivity contribution is 0.0919. The number of allylic oxidation sites excluding steroid dienone is 1. The van der Waals surface area contributed by atoms with Crippen LogP contribution in [0.1, 0.15) is 37.3 Å². The Morgan fingerprint density at radius 1 is 1.34 bits per heavy atom. The number of rotatable bonds is 9. The van der Waals surface area contributed by atoms with E-state index in [1.54, 1.807) is 25.5 Å². The highest BCUT2D eigenvalue weighted by Gasteiger charge is 2.21. The van der Waals surface area contributed by atoms with Gasteiger partial charge in [0.15, 0.2) is 0 Å². The molecule has 1 aliphatic heterocycles. The third-order valence-electron chi connectivity index (χ3n) is 5.65. The molecule has 9 nitrogen and oxygen atoms in total. The van der Waals surface area contributed by atoms with Crippen molar-refractivity contribution in [3.8, 4) is 11.3 Å². The van der Waals surface area contributed by atoms with Crippen LogP contribution in [0.15, 0.2) is 48.4 Å². The Bertz CT molecular complexity index is 1230. The van der Waals surface area contributed by atoms with Gasteiger partial charge in [-0.15, -0.1) is 11.3 Å². The molecule has 0 aliphatic carbocycles. The summed E-state index contributed by atoms with van der Waals surface area (Å²) in [5.74, 6) is 0.175. The summed E-state index contributed by atoms with van der Waals surface area (Å²) in [4.78, 5) is 23.5. The highest BCUT2D eigenvalue weighted by molar-refractivity contribution is 7.14. The maximum atomic E-state index is 12.9. The number of fused-ring (bicyclic) bond motifs is 1. The number of aromatic nitrogens is 2. The van der Waals surface area contributed by atoms with Crippen LogP contribution in [-0.2, 0) is 17.8 Å². The number of hydrogen-bond donors (Lipinski definition) is 5. The van der Waals surface area contributed by atoms with Gasteiger partial charge in [-0.05, 0) is 41.8 Å². The van der Waals surface area contributed by atoms with Gasteiger partial charge in [-0.2, -0.15) is 0 Å². The molecule has 0 fully saturated rings. The van der Waals surface area contributed by atoms with Gasteiger partial charge in [0.2, 0.25) is 5.95 Å². The molecule has 10 heteroatoms. The summed E-state index contributed by atoms with van der Waals surface area (Å²) in [6, 6.07) is 8.94. The maximum absolute atomic E-state index is 12.9. The number of amides is 1. The highest BCUT2D eigenvalue weighted by Crippen LogP contribution is 2.29. The van der Waals surface area contributed by atoms with Crippen LogP contribution in [0, 0.1) is 12.3 Å². The molecule has 1 unspecified atom stereocenters. The zero-order valence-corrected chi connectivity index (χ0v) is 20.4. The van der Waals surface area contributed by atoms with E-state index in [0.717, 1.165) is 28.7 Å². The number of anilines is 1. The van der Waals surface area contributed by atoms with Crippen LogP contribution >= 0.6 is 11.3 Å². The van der Waals surface area contributed by atoms with Crippen molar-refractivity contribution in [3.63, 3.8) is 0 Å². The van der Waals surface area contributed by atoms with Gasteiger partial charge in [0.1, 0.15) is 0 Å². The summed E-state index contributed by atoms with van der Waals surface area (Å²) in [5.41, 5.74) is 4.94. The molecule has 0 spiro atoms. The van der Waals surface area contributed by atoms with Crippen LogP contribution in [0.3, 0.4) is 0 Å². The fourth-order valence-corrected chi connectivity index (χ4v) is 4.97. The van der Waals surface area contributed by atoms with Crippen LogP contribution in [0.4, 0.5) is 5.95 Å². The van der Waals surface area contributed by atoms with Gasteiger partial charge in [0.25, 0.3) is 5.91 Å². The van der Waals surface area contributed by atoms with Crippen LogP contribution in [0.5, 0.6) is 0 Å².